The zero-order valence-corrected chi connectivity index (χ0v) is 18.2. The van der Waals surface area contributed by atoms with Gasteiger partial charge in [-0.15, -0.1) is 0 Å². The summed E-state index contributed by atoms with van der Waals surface area (Å²) in [6, 6.07) is 16.8. The number of imidazole rings is 1. The largest absolute Gasteiger partial charge is 0.496 e. The number of hydrogen-bond donors (Lipinski definition) is 0. The normalized spacial score (nSPS) is 15.7. The van der Waals surface area contributed by atoms with Crippen LogP contribution in [-0.4, -0.2) is 54.4 Å². The first-order valence-corrected chi connectivity index (χ1v) is 11.2. The maximum absolute atomic E-state index is 5.64. The fourth-order valence-corrected chi connectivity index (χ4v) is 4.54. The van der Waals surface area contributed by atoms with Crippen LogP contribution in [0.4, 0.5) is 0 Å². The summed E-state index contributed by atoms with van der Waals surface area (Å²) < 4.78 is 13.5. The zero-order chi connectivity index (χ0) is 20.8. The molecule has 3 aromatic rings. The molecule has 0 amide bonds. The Kier molecular flexibility index (Phi) is 7.03. The molecular formula is C25H33N3O2. The molecule has 0 N–H and O–H groups in total. The third-order valence-corrected chi connectivity index (χ3v) is 6.19. The van der Waals surface area contributed by atoms with E-state index in [0.717, 1.165) is 69.9 Å². The lowest BCUT2D eigenvalue weighted by Crippen LogP contribution is -2.35. The summed E-state index contributed by atoms with van der Waals surface area (Å²) >= 11 is 0. The van der Waals surface area contributed by atoms with Crippen LogP contribution in [-0.2, 0) is 17.7 Å². The Hall–Kier alpha value is -2.37. The van der Waals surface area contributed by atoms with Crippen LogP contribution in [0.5, 0.6) is 5.75 Å². The number of rotatable bonds is 9. The van der Waals surface area contributed by atoms with E-state index in [1.807, 2.05) is 19.1 Å². The molecule has 0 aliphatic carbocycles. The predicted octanol–water partition coefficient (Wildman–Crippen LogP) is 4.50. The highest BCUT2D eigenvalue weighted by atomic mass is 16.5. The van der Waals surface area contributed by atoms with Crippen molar-refractivity contribution in [3.63, 3.8) is 0 Å². The highest BCUT2D eigenvalue weighted by Gasteiger charge is 2.25. The van der Waals surface area contributed by atoms with Gasteiger partial charge in [-0.1, -0.05) is 30.3 Å². The quantitative estimate of drug-likeness (QED) is 0.490. The molecule has 1 aliphatic rings. The Morgan fingerprint density at radius 2 is 1.77 bits per heavy atom. The minimum Gasteiger partial charge on any atom is -0.496 e. The molecule has 2 aromatic carbocycles. The lowest BCUT2D eigenvalue weighted by Gasteiger charge is -2.32. The minimum absolute atomic E-state index is 0.515. The van der Waals surface area contributed by atoms with Gasteiger partial charge in [-0.05, 0) is 63.0 Å². The van der Waals surface area contributed by atoms with E-state index in [4.69, 9.17) is 14.5 Å². The molecule has 0 saturated carbocycles. The van der Waals surface area contributed by atoms with Gasteiger partial charge >= 0.3 is 0 Å². The van der Waals surface area contributed by atoms with E-state index in [1.165, 1.54) is 16.9 Å². The Bertz CT molecular complexity index is 944. The molecule has 160 valence electrons. The smallest absolute Gasteiger partial charge is 0.122 e. The highest BCUT2D eigenvalue weighted by molar-refractivity contribution is 5.76. The van der Waals surface area contributed by atoms with Crippen LogP contribution in [0.3, 0.4) is 0 Å². The summed E-state index contributed by atoms with van der Waals surface area (Å²) in [7, 11) is 1.75. The fraction of sp³-hybridized carbons (Fsp3) is 0.480. The van der Waals surface area contributed by atoms with Crippen LogP contribution in [0.2, 0.25) is 0 Å². The number of benzene rings is 2. The van der Waals surface area contributed by atoms with Crippen molar-refractivity contribution in [2.75, 3.05) is 40.0 Å². The second-order valence-electron chi connectivity index (χ2n) is 7.99. The van der Waals surface area contributed by atoms with Crippen molar-refractivity contribution in [3.8, 4) is 5.75 Å². The summed E-state index contributed by atoms with van der Waals surface area (Å²) in [4.78, 5) is 7.61. The van der Waals surface area contributed by atoms with Gasteiger partial charge in [-0.3, -0.25) is 0 Å². The molecule has 0 spiro atoms. The molecule has 4 rings (SSSR count). The lowest BCUT2D eigenvalue weighted by atomic mass is 9.95. The van der Waals surface area contributed by atoms with Gasteiger partial charge in [-0.2, -0.15) is 0 Å². The Morgan fingerprint density at radius 3 is 2.57 bits per heavy atom. The number of fused-ring (bicyclic) bond motifs is 1. The number of nitrogens with zero attached hydrogens (tertiary/aromatic N) is 3. The molecule has 1 aromatic heterocycles. The van der Waals surface area contributed by atoms with Gasteiger partial charge in [0, 0.05) is 25.6 Å². The van der Waals surface area contributed by atoms with Crippen LogP contribution in [0.1, 0.15) is 37.1 Å². The van der Waals surface area contributed by atoms with Crippen molar-refractivity contribution in [2.45, 2.75) is 38.6 Å². The average Bonchev–Trinajstić information content (AvgIpc) is 3.17. The number of hydrogen-bond acceptors (Lipinski definition) is 4. The molecule has 2 heterocycles. The van der Waals surface area contributed by atoms with E-state index in [9.17, 15) is 0 Å². The summed E-state index contributed by atoms with van der Waals surface area (Å²) in [5.74, 6) is 2.75. The molecule has 0 radical (unpaired) electrons. The van der Waals surface area contributed by atoms with Crippen LogP contribution in [0.15, 0.2) is 48.5 Å². The number of ether oxygens (including phenoxy) is 2. The molecule has 0 unspecified atom stereocenters. The molecule has 1 fully saturated rings. The van der Waals surface area contributed by atoms with Crippen LogP contribution < -0.4 is 4.74 Å². The van der Waals surface area contributed by atoms with Crippen molar-refractivity contribution < 1.29 is 9.47 Å². The first-order chi connectivity index (χ1) is 14.8. The van der Waals surface area contributed by atoms with Gasteiger partial charge in [0.2, 0.25) is 0 Å². The molecule has 5 nitrogen and oxygen atoms in total. The number of para-hydroxylation sites is 3. The van der Waals surface area contributed by atoms with E-state index in [1.54, 1.807) is 7.11 Å². The Balaban J connectivity index is 1.40. The van der Waals surface area contributed by atoms with Crippen LogP contribution >= 0.6 is 0 Å². The van der Waals surface area contributed by atoms with Crippen LogP contribution in [0, 0.1) is 0 Å². The number of aromatic nitrogens is 2. The molecule has 0 atom stereocenters. The van der Waals surface area contributed by atoms with E-state index in [-0.39, 0.29) is 0 Å². The first kappa shape index (κ1) is 20.9. The van der Waals surface area contributed by atoms with E-state index >= 15 is 0 Å². The standard InChI is InChI=1S/C25H33N3O2/c1-3-30-19-18-28-23-10-6-5-9-22(23)26-25(28)21-13-16-27(17-14-21)15-12-20-8-4-7-11-24(20)29-2/h4-11,21H,3,12-19H2,1-2H3. The predicted molar refractivity (Wildman–Crippen MR) is 121 cm³/mol. The monoisotopic (exact) mass is 407 g/mol. The fourth-order valence-electron chi connectivity index (χ4n) is 4.54. The summed E-state index contributed by atoms with van der Waals surface area (Å²) in [5, 5.41) is 0. The number of methoxy groups -OCH3 is 1. The second-order valence-corrected chi connectivity index (χ2v) is 7.99. The van der Waals surface area contributed by atoms with Gasteiger partial charge in [0.15, 0.2) is 0 Å². The van der Waals surface area contributed by atoms with Crippen molar-refractivity contribution in [1.29, 1.82) is 0 Å². The maximum Gasteiger partial charge on any atom is 0.122 e. The Labute approximate surface area is 179 Å². The first-order valence-electron chi connectivity index (χ1n) is 11.2. The molecule has 0 bridgehead atoms. The van der Waals surface area contributed by atoms with Crippen molar-refractivity contribution in [1.82, 2.24) is 14.5 Å². The second kappa shape index (κ2) is 10.1. The lowest BCUT2D eigenvalue weighted by molar-refractivity contribution is 0.138. The van der Waals surface area contributed by atoms with Gasteiger partial charge < -0.3 is 18.9 Å². The van der Waals surface area contributed by atoms with E-state index in [2.05, 4.69) is 45.9 Å². The summed E-state index contributed by atoms with van der Waals surface area (Å²) in [5.41, 5.74) is 3.62. The average molecular weight is 408 g/mol. The van der Waals surface area contributed by atoms with E-state index < -0.39 is 0 Å². The van der Waals surface area contributed by atoms with Crippen molar-refractivity contribution >= 4 is 11.0 Å². The number of likely N-dealkylation sites (tertiary alicyclic amines) is 1. The van der Waals surface area contributed by atoms with E-state index in [0.29, 0.717) is 5.92 Å². The molecule has 1 aliphatic heterocycles. The molecule has 1 saturated heterocycles. The summed E-state index contributed by atoms with van der Waals surface area (Å²) in [6.07, 6.45) is 3.34. The van der Waals surface area contributed by atoms with Gasteiger partial charge in [0.25, 0.3) is 0 Å². The topological polar surface area (TPSA) is 39.5 Å². The van der Waals surface area contributed by atoms with Crippen molar-refractivity contribution in [2.24, 2.45) is 0 Å². The maximum atomic E-state index is 5.64. The summed E-state index contributed by atoms with van der Waals surface area (Å²) in [6.45, 7) is 7.73. The van der Waals surface area contributed by atoms with Gasteiger partial charge in [-0.25, -0.2) is 4.98 Å². The SMILES string of the molecule is CCOCCn1c(C2CCN(CCc3ccccc3OC)CC2)nc2ccccc21. The molecule has 30 heavy (non-hydrogen) atoms. The van der Waals surface area contributed by atoms with Gasteiger partial charge in [0.05, 0.1) is 24.8 Å². The zero-order valence-electron chi connectivity index (χ0n) is 18.2. The molecule has 5 heteroatoms. The minimum atomic E-state index is 0.515. The third-order valence-electron chi connectivity index (χ3n) is 6.19. The third kappa shape index (κ3) is 4.68. The van der Waals surface area contributed by atoms with Gasteiger partial charge in [0.1, 0.15) is 11.6 Å². The van der Waals surface area contributed by atoms with Crippen LogP contribution in [0.25, 0.3) is 11.0 Å². The molecular weight excluding hydrogens is 374 g/mol. The number of piperidine rings is 1. The highest BCUT2D eigenvalue weighted by Crippen LogP contribution is 2.30. The Morgan fingerprint density at radius 1 is 1.00 bits per heavy atom. The van der Waals surface area contributed by atoms with Crippen molar-refractivity contribution in [3.05, 3.63) is 59.9 Å².